The lowest BCUT2D eigenvalue weighted by Gasteiger charge is -2.10. The molecule has 110 valence electrons. The Morgan fingerprint density at radius 1 is 1.14 bits per heavy atom. The molecule has 1 aromatic heterocycles. The highest BCUT2D eigenvalue weighted by molar-refractivity contribution is 6.30. The maximum absolute atomic E-state index is 11.3. The van der Waals surface area contributed by atoms with E-state index in [0.29, 0.717) is 22.8 Å². The molecule has 2 aromatic carbocycles. The fourth-order valence-electron chi connectivity index (χ4n) is 2.23. The summed E-state index contributed by atoms with van der Waals surface area (Å²) in [6, 6.07) is 14.5. The molecule has 0 N–H and O–H groups in total. The summed E-state index contributed by atoms with van der Waals surface area (Å²) >= 11 is 5.91. The number of hydrogen-bond acceptors (Lipinski definition) is 4. The van der Waals surface area contributed by atoms with Crippen molar-refractivity contribution in [3.8, 4) is 22.7 Å². The summed E-state index contributed by atoms with van der Waals surface area (Å²) in [5.41, 5.74) is 2.33. The number of para-hydroxylation sites is 1. The SMILES string of the molecule is COc1ccccc1-c1c(C=O)nnn1-c1ccc(Cl)cc1. The highest BCUT2D eigenvalue weighted by Gasteiger charge is 2.18. The average molecular weight is 314 g/mol. The van der Waals surface area contributed by atoms with Crippen LogP contribution in [0.1, 0.15) is 10.5 Å². The number of halogens is 1. The fourth-order valence-corrected chi connectivity index (χ4v) is 2.35. The van der Waals surface area contributed by atoms with Gasteiger partial charge in [0.2, 0.25) is 0 Å². The standard InChI is InChI=1S/C16H12ClN3O2/c1-22-15-5-3-2-4-13(15)16-14(10-21)18-19-20(16)12-8-6-11(17)7-9-12/h2-10H,1H3. The Bertz CT molecular complexity index is 813. The van der Waals surface area contributed by atoms with Crippen LogP contribution in [0.5, 0.6) is 5.75 Å². The third-order valence-electron chi connectivity index (χ3n) is 3.24. The van der Waals surface area contributed by atoms with Crippen molar-refractivity contribution in [3.63, 3.8) is 0 Å². The Morgan fingerprint density at radius 2 is 1.86 bits per heavy atom. The number of aldehydes is 1. The van der Waals surface area contributed by atoms with E-state index in [1.54, 1.807) is 23.9 Å². The molecule has 0 saturated carbocycles. The van der Waals surface area contributed by atoms with Gasteiger partial charge >= 0.3 is 0 Å². The number of rotatable bonds is 4. The van der Waals surface area contributed by atoms with Gasteiger partial charge in [-0.2, -0.15) is 0 Å². The largest absolute Gasteiger partial charge is 0.496 e. The zero-order chi connectivity index (χ0) is 15.5. The highest BCUT2D eigenvalue weighted by atomic mass is 35.5. The Kier molecular flexibility index (Phi) is 3.89. The van der Waals surface area contributed by atoms with E-state index in [9.17, 15) is 4.79 Å². The Balaban J connectivity index is 2.24. The zero-order valence-electron chi connectivity index (χ0n) is 11.7. The number of aromatic nitrogens is 3. The van der Waals surface area contributed by atoms with Crippen LogP contribution in [0.4, 0.5) is 0 Å². The van der Waals surface area contributed by atoms with E-state index in [2.05, 4.69) is 10.3 Å². The Hall–Kier alpha value is -2.66. The van der Waals surface area contributed by atoms with Crippen LogP contribution in [0.25, 0.3) is 16.9 Å². The van der Waals surface area contributed by atoms with Crippen LogP contribution >= 0.6 is 11.6 Å². The molecule has 0 atom stereocenters. The van der Waals surface area contributed by atoms with E-state index < -0.39 is 0 Å². The summed E-state index contributed by atoms with van der Waals surface area (Å²) in [6.45, 7) is 0. The highest BCUT2D eigenvalue weighted by Crippen LogP contribution is 2.32. The van der Waals surface area contributed by atoms with E-state index >= 15 is 0 Å². The monoisotopic (exact) mass is 313 g/mol. The first-order valence-corrected chi connectivity index (χ1v) is 6.92. The van der Waals surface area contributed by atoms with Crippen molar-refractivity contribution in [2.24, 2.45) is 0 Å². The first-order chi connectivity index (χ1) is 10.7. The number of nitrogens with zero attached hydrogens (tertiary/aromatic N) is 3. The van der Waals surface area contributed by atoms with Crippen LogP contribution in [0.2, 0.25) is 5.02 Å². The molecule has 0 unspecified atom stereocenters. The van der Waals surface area contributed by atoms with Gasteiger partial charge in [-0.25, -0.2) is 4.68 Å². The first-order valence-electron chi connectivity index (χ1n) is 6.55. The molecule has 0 bridgehead atoms. The predicted octanol–water partition coefficient (Wildman–Crippen LogP) is 3.41. The van der Waals surface area contributed by atoms with Gasteiger partial charge in [-0.05, 0) is 36.4 Å². The molecule has 6 heteroatoms. The summed E-state index contributed by atoms with van der Waals surface area (Å²) in [6.07, 6.45) is 0.682. The smallest absolute Gasteiger partial charge is 0.172 e. The second-order valence-electron chi connectivity index (χ2n) is 4.53. The summed E-state index contributed by atoms with van der Waals surface area (Å²) in [5, 5.41) is 8.64. The summed E-state index contributed by atoms with van der Waals surface area (Å²) in [4.78, 5) is 11.3. The quantitative estimate of drug-likeness (QED) is 0.693. The van der Waals surface area contributed by atoms with Gasteiger partial charge in [0.15, 0.2) is 12.0 Å². The minimum absolute atomic E-state index is 0.249. The molecule has 0 radical (unpaired) electrons. The van der Waals surface area contributed by atoms with Gasteiger partial charge in [-0.3, -0.25) is 4.79 Å². The number of hydrogen-bond donors (Lipinski definition) is 0. The molecular weight excluding hydrogens is 302 g/mol. The molecule has 0 spiro atoms. The molecule has 5 nitrogen and oxygen atoms in total. The van der Waals surface area contributed by atoms with Crippen molar-refractivity contribution in [3.05, 3.63) is 59.2 Å². The lowest BCUT2D eigenvalue weighted by atomic mass is 10.1. The number of methoxy groups -OCH3 is 1. The molecule has 0 amide bonds. The van der Waals surface area contributed by atoms with Crippen molar-refractivity contribution in [2.45, 2.75) is 0 Å². The summed E-state index contributed by atoms with van der Waals surface area (Å²) in [7, 11) is 1.58. The van der Waals surface area contributed by atoms with Gasteiger partial charge in [0.25, 0.3) is 0 Å². The predicted molar refractivity (Wildman–Crippen MR) is 83.7 cm³/mol. The van der Waals surface area contributed by atoms with Gasteiger partial charge in [0, 0.05) is 10.6 Å². The van der Waals surface area contributed by atoms with Crippen molar-refractivity contribution in [1.82, 2.24) is 15.0 Å². The minimum atomic E-state index is 0.249. The lowest BCUT2D eigenvalue weighted by molar-refractivity contribution is 0.111. The molecule has 0 aliphatic carbocycles. The second-order valence-corrected chi connectivity index (χ2v) is 4.97. The topological polar surface area (TPSA) is 57.0 Å². The summed E-state index contributed by atoms with van der Waals surface area (Å²) in [5.74, 6) is 0.642. The van der Waals surface area contributed by atoms with Gasteiger partial charge in [0.1, 0.15) is 11.4 Å². The molecule has 0 fully saturated rings. The van der Waals surface area contributed by atoms with Crippen LogP contribution in [0, 0.1) is 0 Å². The molecule has 22 heavy (non-hydrogen) atoms. The van der Waals surface area contributed by atoms with Gasteiger partial charge in [0.05, 0.1) is 12.8 Å². The van der Waals surface area contributed by atoms with E-state index in [4.69, 9.17) is 16.3 Å². The van der Waals surface area contributed by atoms with Crippen LogP contribution in [0.15, 0.2) is 48.5 Å². The maximum atomic E-state index is 11.3. The zero-order valence-corrected chi connectivity index (χ0v) is 12.5. The number of carbonyl (C=O) groups excluding carboxylic acids is 1. The van der Waals surface area contributed by atoms with E-state index in [1.165, 1.54) is 0 Å². The van der Waals surface area contributed by atoms with E-state index in [-0.39, 0.29) is 5.69 Å². The minimum Gasteiger partial charge on any atom is -0.496 e. The van der Waals surface area contributed by atoms with Gasteiger partial charge in [-0.15, -0.1) is 5.10 Å². The van der Waals surface area contributed by atoms with Crippen molar-refractivity contribution < 1.29 is 9.53 Å². The van der Waals surface area contributed by atoms with Crippen molar-refractivity contribution in [2.75, 3.05) is 7.11 Å². The van der Waals surface area contributed by atoms with E-state index in [1.807, 2.05) is 36.4 Å². The van der Waals surface area contributed by atoms with Crippen molar-refractivity contribution >= 4 is 17.9 Å². The Labute approximate surface area is 132 Å². The Morgan fingerprint density at radius 3 is 2.55 bits per heavy atom. The third kappa shape index (κ3) is 2.46. The van der Waals surface area contributed by atoms with Crippen LogP contribution in [0.3, 0.4) is 0 Å². The molecule has 1 heterocycles. The van der Waals surface area contributed by atoms with Crippen LogP contribution < -0.4 is 4.74 Å². The maximum Gasteiger partial charge on any atom is 0.172 e. The second kappa shape index (κ2) is 5.99. The molecular formula is C16H12ClN3O2. The van der Waals surface area contributed by atoms with Gasteiger partial charge < -0.3 is 4.74 Å². The first kappa shape index (κ1) is 14.3. The number of ether oxygens (including phenoxy) is 1. The lowest BCUT2D eigenvalue weighted by Crippen LogP contribution is -2.01. The normalized spacial score (nSPS) is 10.5. The number of benzene rings is 2. The molecule has 3 rings (SSSR count). The van der Waals surface area contributed by atoms with Crippen LogP contribution in [-0.4, -0.2) is 28.4 Å². The number of carbonyl (C=O) groups is 1. The average Bonchev–Trinajstić information content (AvgIpc) is 2.99. The fraction of sp³-hybridized carbons (Fsp3) is 0.0625. The molecule has 0 saturated heterocycles. The summed E-state index contributed by atoms with van der Waals surface area (Å²) < 4.78 is 6.97. The van der Waals surface area contributed by atoms with Crippen LogP contribution in [-0.2, 0) is 0 Å². The molecule has 0 aliphatic heterocycles. The molecule has 3 aromatic rings. The van der Waals surface area contributed by atoms with Gasteiger partial charge in [-0.1, -0.05) is 28.9 Å². The third-order valence-corrected chi connectivity index (χ3v) is 3.49. The molecule has 0 aliphatic rings. The van der Waals surface area contributed by atoms with E-state index in [0.717, 1.165) is 11.3 Å². The van der Waals surface area contributed by atoms with Crippen molar-refractivity contribution in [1.29, 1.82) is 0 Å².